The van der Waals surface area contributed by atoms with Gasteiger partial charge in [0, 0.05) is 18.0 Å². The van der Waals surface area contributed by atoms with Crippen molar-refractivity contribution in [2.45, 2.75) is 17.7 Å². The van der Waals surface area contributed by atoms with E-state index in [1.165, 1.54) is 11.8 Å². The third kappa shape index (κ3) is 5.18. The maximum Gasteiger partial charge on any atom is 0.339 e. The fraction of sp³-hybridized carbons (Fsp3) is 0.250. The number of rotatable bonds is 7. The van der Waals surface area contributed by atoms with Crippen LogP contribution in [-0.2, 0) is 9.53 Å². The number of nitrogens with one attached hydrogen (secondary N) is 1. The molecule has 33 heavy (non-hydrogen) atoms. The number of benzene rings is 2. The summed E-state index contributed by atoms with van der Waals surface area (Å²) in [6.07, 6.45) is 2.05. The largest absolute Gasteiger partial charge is 0.507 e. The molecular formula is C24H22N4O4S. The van der Waals surface area contributed by atoms with Gasteiger partial charge in [0.15, 0.2) is 11.6 Å². The molecule has 1 amide bonds. The van der Waals surface area contributed by atoms with Crippen molar-refractivity contribution in [3.05, 3.63) is 65.7 Å². The molecule has 1 fully saturated rings. The first-order chi connectivity index (χ1) is 16.1. The molecule has 0 aliphatic carbocycles. The van der Waals surface area contributed by atoms with E-state index in [1.54, 1.807) is 36.4 Å². The molecule has 1 aliphatic rings. The van der Waals surface area contributed by atoms with Gasteiger partial charge in [-0.25, -0.2) is 9.78 Å². The Labute approximate surface area is 194 Å². The predicted molar refractivity (Wildman–Crippen MR) is 125 cm³/mol. The number of hydrogen-bond donors (Lipinski definition) is 2. The standard InChI is InChI=1S/C24H22N4O4S/c25-13-17(23-26-18-8-2-3-9-19(18)27-23)20(29)14-32-24(31)16-7-1-4-10-21(16)33-15-22(30)28-11-5-6-12-28/h1-4,7-10,29H,5-6,11-12,14-15H2,(H,26,27)/b20-17+. The number of ether oxygens (including phenoxy) is 1. The molecule has 0 radical (unpaired) electrons. The summed E-state index contributed by atoms with van der Waals surface area (Å²) in [5.41, 5.74) is 1.57. The second kappa shape index (κ2) is 10.2. The van der Waals surface area contributed by atoms with Gasteiger partial charge in [-0.3, -0.25) is 4.79 Å². The number of nitrogens with zero attached hydrogens (tertiary/aromatic N) is 3. The van der Waals surface area contributed by atoms with Crippen molar-refractivity contribution in [1.82, 2.24) is 14.9 Å². The number of amides is 1. The molecule has 0 spiro atoms. The van der Waals surface area contributed by atoms with E-state index in [2.05, 4.69) is 9.97 Å². The summed E-state index contributed by atoms with van der Waals surface area (Å²) in [6, 6.07) is 16.0. The number of hydrogen-bond acceptors (Lipinski definition) is 7. The van der Waals surface area contributed by atoms with Crippen LogP contribution >= 0.6 is 11.8 Å². The SMILES string of the molecule is N#C/C(=C(\O)COC(=O)c1ccccc1SCC(=O)N1CCCC1)c1nc2ccccc2[nH]1. The lowest BCUT2D eigenvalue weighted by Gasteiger charge is -2.15. The number of thioether (sulfide) groups is 1. The zero-order valence-corrected chi connectivity index (χ0v) is 18.6. The predicted octanol–water partition coefficient (Wildman–Crippen LogP) is 3.93. The number of likely N-dealkylation sites (tertiary alicyclic amines) is 1. The van der Waals surface area contributed by atoms with E-state index >= 15 is 0 Å². The Morgan fingerprint density at radius 3 is 2.64 bits per heavy atom. The molecule has 0 saturated carbocycles. The van der Waals surface area contributed by atoms with Crippen LogP contribution in [0.4, 0.5) is 0 Å². The number of nitriles is 1. The number of imidazole rings is 1. The molecule has 2 N–H and O–H groups in total. The summed E-state index contributed by atoms with van der Waals surface area (Å²) >= 11 is 1.28. The molecule has 0 atom stereocenters. The lowest BCUT2D eigenvalue weighted by molar-refractivity contribution is -0.127. The van der Waals surface area contributed by atoms with Crippen molar-refractivity contribution in [1.29, 1.82) is 5.26 Å². The van der Waals surface area contributed by atoms with Crippen LogP contribution in [0.15, 0.2) is 59.2 Å². The number of aromatic amines is 1. The Hall–Kier alpha value is -3.77. The first-order valence-corrected chi connectivity index (χ1v) is 11.5. The van der Waals surface area contributed by atoms with Gasteiger partial charge in [-0.2, -0.15) is 5.26 Å². The maximum absolute atomic E-state index is 12.7. The summed E-state index contributed by atoms with van der Waals surface area (Å²) in [4.78, 5) is 34.8. The molecule has 4 rings (SSSR count). The van der Waals surface area contributed by atoms with E-state index in [9.17, 15) is 20.0 Å². The minimum Gasteiger partial charge on any atom is -0.507 e. The molecule has 0 bridgehead atoms. The van der Waals surface area contributed by atoms with Gasteiger partial charge in [-0.15, -0.1) is 11.8 Å². The first kappa shape index (κ1) is 22.4. The molecular weight excluding hydrogens is 440 g/mol. The van der Waals surface area contributed by atoms with Crippen molar-refractivity contribution in [2.75, 3.05) is 25.4 Å². The first-order valence-electron chi connectivity index (χ1n) is 10.5. The molecule has 9 heteroatoms. The van der Waals surface area contributed by atoms with Crippen molar-refractivity contribution in [3.8, 4) is 6.07 Å². The summed E-state index contributed by atoms with van der Waals surface area (Å²) in [7, 11) is 0. The summed E-state index contributed by atoms with van der Waals surface area (Å²) in [5.74, 6) is -0.575. The molecule has 168 valence electrons. The highest BCUT2D eigenvalue weighted by Gasteiger charge is 2.20. The van der Waals surface area contributed by atoms with Crippen LogP contribution in [0.5, 0.6) is 0 Å². The van der Waals surface area contributed by atoms with Crippen LogP contribution < -0.4 is 0 Å². The number of carbonyl (C=O) groups excluding carboxylic acids is 2. The number of fused-ring (bicyclic) bond motifs is 1. The smallest absolute Gasteiger partial charge is 0.339 e. The fourth-order valence-corrected chi connectivity index (χ4v) is 4.51. The molecule has 8 nitrogen and oxygen atoms in total. The fourth-order valence-electron chi connectivity index (χ4n) is 3.57. The normalized spacial score (nSPS) is 14.1. The van der Waals surface area contributed by atoms with Gasteiger partial charge in [0.1, 0.15) is 18.2 Å². The lowest BCUT2D eigenvalue weighted by Crippen LogP contribution is -2.29. The van der Waals surface area contributed by atoms with Crippen LogP contribution in [0.1, 0.15) is 29.0 Å². The van der Waals surface area contributed by atoms with Gasteiger partial charge < -0.3 is 19.7 Å². The van der Waals surface area contributed by atoms with E-state index in [0.717, 1.165) is 31.4 Å². The van der Waals surface area contributed by atoms with E-state index in [4.69, 9.17) is 4.74 Å². The molecule has 1 aliphatic heterocycles. The third-order valence-electron chi connectivity index (χ3n) is 5.28. The number of aromatic nitrogens is 2. The average Bonchev–Trinajstić information content (AvgIpc) is 3.52. The van der Waals surface area contributed by atoms with Gasteiger partial charge >= 0.3 is 5.97 Å². The Kier molecular flexibility index (Phi) is 6.95. The summed E-state index contributed by atoms with van der Waals surface area (Å²) in [5, 5.41) is 19.9. The second-order valence-corrected chi connectivity index (χ2v) is 8.50. The van der Waals surface area contributed by atoms with Crippen molar-refractivity contribution in [2.24, 2.45) is 0 Å². The molecule has 3 aromatic rings. The number of esters is 1. The van der Waals surface area contributed by atoms with E-state index in [0.29, 0.717) is 16.0 Å². The average molecular weight is 463 g/mol. The van der Waals surface area contributed by atoms with Crippen LogP contribution in [0.2, 0.25) is 0 Å². The Morgan fingerprint density at radius 1 is 1.15 bits per heavy atom. The maximum atomic E-state index is 12.7. The third-order valence-corrected chi connectivity index (χ3v) is 6.34. The van der Waals surface area contributed by atoms with Crippen molar-refractivity contribution < 1.29 is 19.4 Å². The minimum absolute atomic E-state index is 0.0470. The van der Waals surface area contributed by atoms with Gasteiger partial charge in [0.05, 0.1) is 22.3 Å². The van der Waals surface area contributed by atoms with Crippen LogP contribution in [0.3, 0.4) is 0 Å². The number of aliphatic hydroxyl groups excluding tert-OH is 1. The second-order valence-electron chi connectivity index (χ2n) is 7.48. The van der Waals surface area contributed by atoms with Gasteiger partial charge in [0.2, 0.25) is 5.91 Å². The monoisotopic (exact) mass is 462 g/mol. The summed E-state index contributed by atoms with van der Waals surface area (Å²) < 4.78 is 5.27. The number of H-pyrrole nitrogens is 1. The molecule has 1 saturated heterocycles. The minimum atomic E-state index is -0.653. The Morgan fingerprint density at radius 2 is 1.88 bits per heavy atom. The number of aliphatic hydroxyl groups is 1. The van der Waals surface area contributed by atoms with Crippen molar-refractivity contribution >= 4 is 40.2 Å². The zero-order chi connectivity index (χ0) is 23.2. The molecule has 1 aromatic heterocycles. The lowest BCUT2D eigenvalue weighted by atomic mass is 10.2. The molecule has 2 aromatic carbocycles. The van der Waals surface area contributed by atoms with Gasteiger partial charge in [0.25, 0.3) is 0 Å². The highest BCUT2D eigenvalue weighted by molar-refractivity contribution is 8.00. The van der Waals surface area contributed by atoms with Gasteiger partial charge in [-0.1, -0.05) is 24.3 Å². The highest BCUT2D eigenvalue weighted by atomic mass is 32.2. The topological polar surface area (TPSA) is 119 Å². The van der Waals surface area contributed by atoms with Crippen LogP contribution in [-0.4, -0.2) is 57.3 Å². The van der Waals surface area contributed by atoms with E-state index in [-0.39, 0.29) is 23.1 Å². The quantitative estimate of drug-likeness (QED) is 0.236. The van der Waals surface area contributed by atoms with Gasteiger partial charge in [-0.05, 0) is 37.1 Å². The number of allylic oxidation sites excluding steroid dienone is 1. The van der Waals surface area contributed by atoms with Crippen molar-refractivity contribution in [3.63, 3.8) is 0 Å². The Balaban J connectivity index is 1.43. The number of para-hydroxylation sites is 2. The van der Waals surface area contributed by atoms with E-state index in [1.807, 2.05) is 23.1 Å². The Bertz CT molecular complexity index is 1220. The summed E-state index contributed by atoms with van der Waals surface area (Å²) in [6.45, 7) is 1.08. The molecule has 0 unspecified atom stereocenters. The van der Waals surface area contributed by atoms with Crippen LogP contribution in [0, 0.1) is 11.3 Å². The highest BCUT2D eigenvalue weighted by Crippen LogP contribution is 2.25. The molecule has 2 heterocycles. The zero-order valence-electron chi connectivity index (χ0n) is 17.8. The number of carbonyl (C=O) groups is 2. The van der Waals surface area contributed by atoms with E-state index < -0.39 is 18.3 Å². The van der Waals surface area contributed by atoms with Crippen LogP contribution in [0.25, 0.3) is 16.6 Å².